The molecule has 2 aliphatic rings. The van der Waals surface area contributed by atoms with Crippen molar-refractivity contribution in [3.05, 3.63) is 23.0 Å². The molecule has 4 heterocycles. The van der Waals surface area contributed by atoms with E-state index in [4.69, 9.17) is 13.8 Å². The van der Waals surface area contributed by atoms with Gasteiger partial charge in [-0.05, 0) is 13.3 Å². The van der Waals surface area contributed by atoms with E-state index in [0.717, 1.165) is 0 Å². The lowest BCUT2D eigenvalue weighted by atomic mass is 9.93. The number of hydrogen-bond donors (Lipinski definition) is 4. The van der Waals surface area contributed by atoms with Crippen molar-refractivity contribution in [3.63, 3.8) is 0 Å². The van der Waals surface area contributed by atoms with Crippen LogP contribution in [0.25, 0.3) is 11.2 Å². The molecule has 0 amide bonds. The highest BCUT2D eigenvalue weighted by atomic mass is 31.2. The zero-order valence-corrected chi connectivity index (χ0v) is 17.7. The molecule has 2 saturated heterocycles. The molecular formula is C17H25N4O8P. The second-order valence-electron chi connectivity index (χ2n) is 7.89. The molecule has 2 aliphatic heterocycles. The molecule has 7 atom stereocenters. The van der Waals surface area contributed by atoms with Crippen LogP contribution in [0.2, 0.25) is 0 Å². The zero-order valence-electron chi connectivity index (χ0n) is 16.8. The third kappa shape index (κ3) is 3.32. The van der Waals surface area contributed by atoms with Crippen molar-refractivity contribution in [1.82, 2.24) is 19.5 Å². The van der Waals surface area contributed by atoms with E-state index in [1.54, 1.807) is 20.8 Å². The van der Waals surface area contributed by atoms with Crippen molar-refractivity contribution in [3.8, 4) is 0 Å². The first-order valence-corrected chi connectivity index (χ1v) is 11.3. The van der Waals surface area contributed by atoms with E-state index >= 15 is 0 Å². The van der Waals surface area contributed by atoms with Crippen molar-refractivity contribution in [2.24, 2.45) is 0 Å². The van der Waals surface area contributed by atoms with Gasteiger partial charge >= 0.3 is 7.60 Å². The fraction of sp³-hybridized carbons (Fsp3) is 0.706. The van der Waals surface area contributed by atoms with E-state index in [1.807, 2.05) is 0 Å². The van der Waals surface area contributed by atoms with Gasteiger partial charge in [0.05, 0.1) is 24.4 Å². The Morgan fingerprint density at radius 2 is 2.10 bits per heavy atom. The number of aliphatic hydroxyl groups is 3. The van der Waals surface area contributed by atoms with Gasteiger partial charge in [0.1, 0.15) is 12.2 Å². The van der Waals surface area contributed by atoms with Gasteiger partial charge in [-0.2, -0.15) is 0 Å². The molecule has 0 spiro atoms. The normalized spacial score (nSPS) is 38.1. The Hall–Kier alpha value is -1.66. The molecule has 2 aromatic heterocycles. The van der Waals surface area contributed by atoms with E-state index in [9.17, 15) is 24.7 Å². The van der Waals surface area contributed by atoms with Gasteiger partial charge in [-0.1, -0.05) is 13.8 Å². The lowest BCUT2D eigenvalue weighted by molar-refractivity contribution is -0.0631. The smallest absolute Gasteiger partial charge is 0.388 e. The van der Waals surface area contributed by atoms with Gasteiger partial charge < -0.3 is 25.0 Å². The number of aliphatic hydroxyl groups excluding tert-OH is 2. The van der Waals surface area contributed by atoms with Crippen molar-refractivity contribution in [2.75, 3.05) is 0 Å². The van der Waals surface area contributed by atoms with E-state index in [-0.39, 0.29) is 24.0 Å². The van der Waals surface area contributed by atoms with Gasteiger partial charge in [-0.3, -0.25) is 23.0 Å². The van der Waals surface area contributed by atoms with E-state index in [1.165, 1.54) is 17.2 Å². The van der Waals surface area contributed by atoms with Gasteiger partial charge in [0, 0.05) is 12.8 Å². The number of hydrogen-bond acceptors (Lipinski definition) is 10. The minimum absolute atomic E-state index is 0.0754. The summed E-state index contributed by atoms with van der Waals surface area (Å²) in [4.78, 5) is 22.3. The third-order valence-electron chi connectivity index (χ3n) is 5.82. The summed E-state index contributed by atoms with van der Waals surface area (Å²) >= 11 is 0. The van der Waals surface area contributed by atoms with Crippen molar-refractivity contribution in [2.45, 2.75) is 75.7 Å². The number of H-pyrrole nitrogens is 1. The first kappa shape index (κ1) is 21.6. The molecule has 12 nitrogen and oxygen atoms in total. The molecule has 0 aliphatic carbocycles. The predicted octanol–water partition coefficient (Wildman–Crippen LogP) is 0.594. The number of aromatic nitrogens is 4. The summed E-state index contributed by atoms with van der Waals surface area (Å²) < 4.78 is 30.6. The minimum Gasteiger partial charge on any atom is -0.388 e. The lowest BCUT2D eigenvalue weighted by Crippen LogP contribution is -2.38. The van der Waals surface area contributed by atoms with Crippen LogP contribution in [0.4, 0.5) is 0 Å². The number of rotatable bonds is 7. The molecule has 0 radical (unpaired) electrons. The van der Waals surface area contributed by atoms with Gasteiger partial charge in [0.15, 0.2) is 17.4 Å². The van der Waals surface area contributed by atoms with Crippen LogP contribution in [0.15, 0.2) is 17.4 Å². The largest absolute Gasteiger partial charge is 0.393 e. The van der Waals surface area contributed by atoms with E-state index in [2.05, 4.69) is 15.0 Å². The Morgan fingerprint density at radius 1 is 1.37 bits per heavy atom. The van der Waals surface area contributed by atoms with Gasteiger partial charge in [-0.25, -0.2) is 9.97 Å². The first-order chi connectivity index (χ1) is 14.1. The second-order valence-corrected chi connectivity index (χ2v) is 9.95. The maximum atomic E-state index is 12.6. The molecule has 13 heteroatoms. The van der Waals surface area contributed by atoms with Gasteiger partial charge in [-0.15, -0.1) is 0 Å². The van der Waals surface area contributed by atoms with Crippen LogP contribution in [0.5, 0.6) is 0 Å². The standard InChI is InChI=1S/C17H25N4O8P/c1-4-16(3,28-30(26)17(25,5-2)29-30)6-9-11(22)12(23)15(27-9)21-8-20-10-13(21)18-7-19-14(10)24/h7-9,11-12,15,22-23,25H,4-6H2,1-3H3,(H,18,19,24). The topological polar surface area (TPSA) is 172 Å². The van der Waals surface area contributed by atoms with Crippen LogP contribution in [0.1, 0.15) is 46.3 Å². The van der Waals surface area contributed by atoms with Gasteiger partial charge in [0.25, 0.3) is 11.1 Å². The van der Waals surface area contributed by atoms with Crippen LogP contribution in [0, 0.1) is 0 Å². The maximum absolute atomic E-state index is 12.6. The summed E-state index contributed by atoms with van der Waals surface area (Å²) in [6.45, 7) is 5.11. The number of imidazole rings is 1. The Kier molecular flexibility index (Phi) is 5.17. The zero-order chi connectivity index (χ0) is 21.9. The van der Waals surface area contributed by atoms with E-state index < -0.39 is 48.8 Å². The Labute approximate surface area is 171 Å². The number of nitrogens with zero attached hydrogens (tertiary/aromatic N) is 3. The van der Waals surface area contributed by atoms with Crippen LogP contribution in [-0.4, -0.2) is 64.3 Å². The molecule has 0 aromatic carbocycles. The first-order valence-electron chi connectivity index (χ1n) is 9.72. The monoisotopic (exact) mass is 444 g/mol. The number of fused-ring (bicyclic) bond motifs is 1. The molecule has 4 N–H and O–H groups in total. The van der Waals surface area contributed by atoms with Crippen LogP contribution in [-0.2, 0) is 18.3 Å². The summed E-state index contributed by atoms with van der Waals surface area (Å²) in [7, 11) is -3.68. The average Bonchev–Trinajstić information content (AvgIpc) is 2.99. The molecule has 2 fully saturated rings. The second kappa shape index (κ2) is 7.20. The molecule has 7 unspecified atom stereocenters. The van der Waals surface area contributed by atoms with Crippen LogP contribution < -0.4 is 5.56 Å². The van der Waals surface area contributed by atoms with Crippen LogP contribution in [0.3, 0.4) is 0 Å². The quantitative estimate of drug-likeness (QED) is 0.350. The molecule has 30 heavy (non-hydrogen) atoms. The SMILES string of the molecule is CCC(C)(CC1OC(n2cnc3c(=O)[nH]cnc32)C(O)C1O)OP1(=O)OC1(O)CC. The fourth-order valence-corrected chi connectivity index (χ4v) is 5.68. The molecule has 0 saturated carbocycles. The van der Waals surface area contributed by atoms with Crippen LogP contribution >= 0.6 is 7.60 Å². The lowest BCUT2D eigenvalue weighted by Gasteiger charge is -2.31. The number of nitrogens with one attached hydrogen (secondary N) is 1. The maximum Gasteiger partial charge on any atom is 0.393 e. The molecule has 4 rings (SSSR count). The number of aromatic amines is 1. The van der Waals surface area contributed by atoms with E-state index in [0.29, 0.717) is 6.42 Å². The minimum atomic E-state index is -3.68. The molecule has 0 bridgehead atoms. The Balaban J connectivity index is 1.55. The summed E-state index contributed by atoms with van der Waals surface area (Å²) in [5, 5.41) is 31.2. The summed E-state index contributed by atoms with van der Waals surface area (Å²) in [6.07, 6.45) is -1.42. The predicted molar refractivity (Wildman–Crippen MR) is 102 cm³/mol. The van der Waals surface area contributed by atoms with Gasteiger partial charge in [0.2, 0.25) is 0 Å². The summed E-state index contributed by atoms with van der Waals surface area (Å²) in [5.41, 5.74) is -2.99. The summed E-state index contributed by atoms with van der Waals surface area (Å²) in [5.74, 6) is 0. The average molecular weight is 444 g/mol. The molecule has 166 valence electrons. The molecule has 2 aromatic rings. The number of ether oxygens (including phenoxy) is 1. The molecular weight excluding hydrogens is 419 g/mol. The summed E-state index contributed by atoms with van der Waals surface area (Å²) in [6, 6.07) is 0. The van der Waals surface area contributed by atoms with Crippen molar-refractivity contribution >= 4 is 18.8 Å². The third-order valence-corrected chi connectivity index (χ3v) is 8.14. The fourth-order valence-electron chi connectivity index (χ4n) is 3.66. The highest BCUT2D eigenvalue weighted by Crippen LogP contribution is 2.80. The van der Waals surface area contributed by atoms with Crippen molar-refractivity contribution < 1.29 is 33.7 Å². The van der Waals surface area contributed by atoms with Crippen molar-refractivity contribution in [1.29, 1.82) is 0 Å². The highest BCUT2D eigenvalue weighted by Gasteiger charge is 2.70. The highest BCUT2D eigenvalue weighted by molar-refractivity contribution is 7.61. The Morgan fingerprint density at radius 3 is 2.73 bits per heavy atom. The Bertz CT molecular complexity index is 1060.